The smallest absolute Gasteiger partial charge is 0.133 e. The fourth-order valence-electron chi connectivity index (χ4n) is 7.51. The molecule has 0 bridgehead atoms. The Morgan fingerprint density at radius 2 is 1.77 bits per heavy atom. The Labute approximate surface area is 162 Å². The second kappa shape index (κ2) is 7.44. The fraction of sp³-hybridized carbons (Fsp3) is 0.880. The minimum absolute atomic E-state index is 0.302. The van der Waals surface area contributed by atoms with E-state index in [1.165, 1.54) is 51.4 Å². The van der Waals surface area contributed by atoms with Crippen LogP contribution in [-0.2, 0) is 4.79 Å². The van der Waals surface area contributed by atoms with Crippen molar-refractivity contribution in [2.24, 2.45) is 40.4 Å². The molecule has 0 spiro atoms. The van der Waals surface area contributed by atoms with Gasteiger partial charge in [0.05, 0.1) is 0 Å². The molecule has 0 aromatic carbocycles. The lowest BCUT2D eigenvalue weighted by Gasteiger charge is -2.58. The summed E-state index contributed by atoms with van der Waals surface area (Å²) >= 11 is 0. The highest BCUT2D eigenvalue weighted by Crippen LogP contribution is 2.66. The molecule has 1 nitrogen and oxygen atoms in total. The largest absolute Gasteiger partial charge is 0.300 e. The van der Waals surface area contributed by atoms with Crippen LogP contribution in [0.15, 0.2) is 11.6 Å². The number of rotatable bonds is 1. The zero-order chi connectivity index (χ0) is 19.1. The van der Waals surface area contributed by atoms with E-state index in [1.54, 1.807) is 5.57 Å². The molecule has 7 unspecified atom stereocenters. The highest BCUT2D eigenvalue weighted by molar-refractivity contribution is 5.79. The maximum Gasteiger partial charge on any atom is 0.133 e. The topological polar surface area (TPSA) is 17.1 Å². The number of fused-ring (bicyclic) bond motifs is 5. The van der Waals surface area contributed by atoms with Gasteiger partial charge in [0.1, 0.15) is 5.78 Å². The minimum Gasteiger partial charge on any atom is -0.300 e. The van der Waals surface area contributed by atoms with E-state index >= 15 is 0 Å². The third kappa shape index (κ3) is 3.12. The van der Waals surface area contributed by atoms with Gasteiger partial charge >= 0.3 is 0 Å². The van der Waals surface area contributed by atoms with Crippen LogP contribution in [0.1, 0.15) is 99.3 Å². The van der Waals surface area contributed by atoms with Crippen molar-refractivity contribution >= 4 is 5.78 Å². The van der Waals surface area contributed by atoms with E-state index < -0.39 is 0 Å². The molecule has 148 valence electrons. The lowest BCUT2D eigenvalue weighted by Crippen LogP contribution is -2.50. The van der Waals surface area contributed by atoms with Crippen LogP contribution in [0.3, 0.4) is 0 Å². The third-order valence-electron chi connectivity index (χ3n) is 8.84. The van der Waals surface area contributed by atoms with Gasteiger partial charge in [-0.1, -0.05) is 52.7 Å². The molecule has 0 radical (unpaired) electrons. The summed E-state index contributed by atoms with van der Waals surface area (Å²) < 4.78 is 0. The van der Waals surface area contributed by atoms with Crippen molar-refractivity contribution in [1.82, 2.24) is 0 Å². The molecule has 26 heavy (non-hydrogen) atoms. The van der Waals surface area contributed by atoms with Gasteiger partial charge in [-0.3, -0.25) is 4.79 Å². The molecule has 3 saturated carbocycles. The Balaban J connectivity index is 0.000000613. The molecule has 0 saturated heterocycles. The first kappa shape index (κ1) is 20.2. The van der Waals surface area contributed by atoms with Crippen molar-refractivity contribution in [2.75, 3.05) is 0 Å². The van der Waals surface area contributed by atoms with Crippen LogP contribution in [0.2, 0.25) is 0 Å². The second-order valence-electron chi connectivity index (χ2n) is 10.6. The SMILES string of the molecule is CC(=O)C1CCC2C3CC=C4CC(C)CCC4(C)C3CCC12C.CCC. The molecule has 4 aliphatic rings. The first-order valence-corrected chi connectivity index (χ1v) is 11.5. The van der Waals surface area contributed by atoms with E-state index in [1.807, 2.05) is 6.92 Å². The van der Waals surface area contributed by atoms with Gasteiger partial charge < -0.3 is 0 Å². The number of hydrogen-bond acceptors (Lipinski definition) is 1. The van der Waals surface area contributed by atoms with Crippen LogP contribution in [0.25, 0.3) is 0 Å². The Morgan fingerprint density at radius 1 is 1.08 bits per heavy atom. The molecule has 0 aromatic rings. The van der Waals surface area contributed by atoms with Crippen LogP contribution in [0.4, 0.5) is 0 Å². The van der Waals surface area contributed by atoms with Crippen molar-refractivity contribution < 1.29 is 4.79 Å². The highest BCUT2D eigenvalue weighted by Gasteiger charge is 2.59. The van der Waals surface area contributed by atoms with Gasteiger partial charge in [-0.05, 0) is 92.8 Å². The summed E-state index contributed by atoms with van der Waals surface area (Å²) in [7, 11) is 0. The summed E-state index contributed by atoms with van der Waals surface area (Å²) in [5.41, 5.74) is 2.57. The molecule has 4 aliphatic carbocycles. The molecule has 0 N–H and O–H groups in total. The molecular formula is C25H42O. The number of hydrogen-bond donors (Lipinski definition) is 0. The number of ketones is 1. The van der Waals surface area contributed by atoms with Crippen LogP contribution in [-0.4, -0.2) is 5.78 Å². The van der Waals surface area contributed by atoms with E-state index in [9.17, 15) is 4.79 Å². The second-order valence-corrected chi connectivity index (χ2v) is 10.6. The van der Waals surface area contributed by atoms with Crippen LogP contribution >= 0.6 is 0 Å². The van der Waals surface area contributed by atoms with Gasteiger partial charge in [0, 0.05) is 5.92 Å². The maximum atomic E-state index is 12.2. The summed E-state index contributed by atoms with van der Waals surface area (Å²) in [6, 6.07) is 0. The number of carbonyl (C=O) groups is 1. The average Bonchev–Trinajstić information content (AvgIpc) is 2.93. The zero-order valence-corrected chi connectivity index (χ0v) is 18.2. The molecular weight excluding hydrogens is 316 g/mol. The number of Topliss-reactive ketones (excluding diaryl/α,β-unsaturated/α-hetero) is 1. The normalized spacial score (nSPS) is 46.8. The van der Waals surface area contributed by atoms with Crippen molar-refractivity contribution in [3.63, 3.8) is 0 Å². The Bertz CT molecular complexity index is 561. The van der Waals surface area contributed by atoms with Crippen LogP contribution < -0.4 is 0 Å². The van der Waals surface area contributed by atoms with Crippen molar-refractivity contribution in [1.29, 1.82) is 0 Å². The van der Waals surface area contributed by atoms with E-state index in [-0.39, 0.29) is 0 Å². The average molecular weight is 359 g/mol. The Hall–Kier alpha value is -0.590. The van der Waals surface area contributed by atoms with Crippen molar-refractivity contribution in [3.05, 3.63) is 11.6 Å². The molecule has 0 aromatic heterocycles. The number of allylic oxidation sites excluding steroid dienone is 2. The summed E-state index contributed by atoms with van der Waals surface area (Å²) in [6.45, 7) is 13.6. The number of carbonyl (C=O) groups excluding carboxylic acids is 1. The first-order valence-electron chi connectivity index (χ1n) is 11.5. The quantitative estimate of drug-likeness (QED) is 0.453. The molecule has 0 amide bonds. The van der Waals surface area contributed by atoms with Gasteiger partial charge in [-0.2, -0.15) is 0 Å². The molecule has 4 rings (SSSR count). The molecule has 7 atom stereocenters. The maximum absolute atomic E-state index is 12.2. The van der Waals surface area contributed by atoms with E-state index in [0.717, 1.165) is 30.1 Å². The summed E-state index contributed by atoms with van der Waals surface area (Å²) in [4.78, 5) is 12.2. The zero-order valence-electron chi connectivity index (χ0n) is 18.2. The van der Waals surface area contributed by atoms with Crippen molar-refractivity contribution in [3.8, 4) is 0 Å². The van der Waals surface area contributed by atoms with Gasteiger partial charge in [0.2, 0.25) is 0 Å². The standard InChI is InChI=1S/C22H34O.C3H8/c1-14-9-11-21(3)16(13-14)5-6-17-19-8-7-18(15(2)23)22(19,4)12-10-20(17)21;1-3-2/h5,14,17-20H,6-13H2,1-4H3;3H2,1-2H3. The van der Waals surface area contributed by atoms with Gasteiger partial charge in [-0.25, -0.2) is 0 Å². The van der Waals surface area contributed by atoms with Gasteiger partial charge in [0.25, 0.3) is 0 Å². The molecule has 1 heteroatoms. The van der Waals surface area contributed by atoms with Gasteiger partial charge in [0.15, 0.2) is 0 Å². The third-order valence-corrected chi connectivity index (χ3v) is 8.84. The summed E-state index contributed by atoms with van der Waals surface area (Å²) in [6.07, 6.45) is 14.5. The minimum atomic E-state index is 0.302. The lowest BCUT2D eigenvalue weighted by atomic mass is 9.47. The molecule has 3 fully saturated rings. The van der Waals surface area contributed by atoms with E-state index in [4.69, 9.17) is 0 Å². The Morgan fingerprint density at radius 3 is 2.42 bits per heavy atom. The van der Waals surface area contributed by atoms with Gasteiger partial charge in [-0.15, -0.1) is 0 Å². The first-order chi connectivity index (χ1) is 12.3. The van der Waals surface area contributed by atoms with Crippen LogP contribution in [0, 0.1) is 40.4 Å². The summed E-state index contributed by atoms with van der Waals surface area (Å²) in [5, 5.41) is 0. The Kier molecular flexibility index (Phi) is 5.76. The predicted molar refractivity (Wildman–Crippen MR) is 111 cm³/mol. The lowest BCUT2D eigenvalue weighted by molar-refractivity contribution is -0.127. The van der Waals surface area contributed by atoms with E-state index in [2.05, 4.69) is 40.7 Å². The summed E-state index contributed by atoms with van der Waals surface area (Å²) in [5.74, 6) is 4.22. The molecule has 0 aliphatic heterocycles. The predicted octanol–water partition coefficient (Wildman–Crippen LogP) is 7.21. The fourth-order valence-corrected chi connectivity index (χ4v) is 7.51. The van der Waals surface area contributed by atoms with Crippen LogP contribution in [0.5, 0.6) is 0 Å². The van der Waals surface area contributed by atoms with Crippen molar-refractivity contribution in [2.45, 2.75) is 99.3 Å². The van der Waals surface area contributed by atoms with E-state index in [0.29, 0.717) is 22.5 Å². The molecule has 0 heterocycles. The monoisotopic (exact) mass is 358 g/mol. The highest BCUT2D eigenvalue weighted by atomic mass is 16.1.